The molecule has 4 heterocycles. The van der Waals surface area contributed by atoms with Crippen LogP contribution >= 0.6 is 0 Å². The van der Waals surface area contributed by atoms with Gasteiger partial charge in [0.15, 0.2) is 0 Å². The Morgan fingerprint density at radius 1 is 1.29 bits per heavy atom. The second kappa shape index (κ2) is 4.41. The number of amides is 1. The van der Waals surface area contributed by atoms with E-state index in [9.17, 15) is 4.79 Å². The molecular weight excluding hydrogens is 216 g/mol. The Labute approximate surface area is 100 Å². The summed E-state index contributed by atoms with van der Waals surface area (Å²) in [5.41, 5.74) is 0. The van der Waals surface area contributed by atoms with Crippen molar-refractivity contribution in [1.29, 1.82) is 0 Å². The third-order valence-corrected chi connectivity index (χ3v) is 3.74. The number of piperidine rings is 3. The van der Waals surface area contributed by atoms with E-state index in [1.807, 2.05) is 0 Å². The summed E-state index contributed by atoms with van der Waals surface area (Å²) < 4.78 is 0. The third-order valence-electron chi connectivity index (χ3n) is 3.74. The molecule has 5 heteroatoms. The maximum absolute atomic E-state index is 11.9. The summed E-state index contributed by atoms with van der Waals surface area (Å²) in [6, 6.07) is 1.99. The molecule has 90 valence electrons. The lowest BCUT2D eigenvalue weighted by Crippen LogP contribution is -2.57. The van der Waals surface area contributed by atoms with E-state index in [2.05, 4.69) is 20.2 Å². The van der Waals surface area contributed by atoms with Gasteiger partial charge >= 0.3 is 0 Å². The normalized spacial score (nSPS) is 31.2. The first-order chi connectivity index (χ1) is 8.33. The van der Waals surface area contributed by atoms with Crippen molar-refractivity contribution in [1.82, 2.24) is 20.2 Å². The minimum atomic E-state index is -0.149. The molecule has 1 atom stereocenters. The van der Waals surface area contributed by atoms with Gasteiger partial charge < -0.3 is 10.2 Å². The minimum absolute atomic E-state index is 0.149. The Hall–Kier alpha value is -1.49. The summed E-state index contributed by atoms with van der Waals surface area (Å²) in [5, 5.41) is 3.06. The number of aromatic nitrogens is 2. The summed E-state index contributed by atoms with van der Waals surface area (Å²) in [6.07, 6.45) is 5.58. The Morgan fingerprint density at radius 3 is 2.59 bits per heavy atom. The van der Waals surface area contributed by atoms with Gasteiger partial charge in [-0.15, -0.1) is 0 Å². The highest BCUT2D eigenvalue weighted by molar-refractivity contribution is 5.90. The van der Waals surface area contributed by atoms with Crippen LogP contribution in [0.25, 0.3) is 0 Å². The lowest BCUT2D eigenvalue weighted by atomic mass is 9.84. The van der Waals surface area contributed by atoms with Crippen LogP contribution in [0, 0.1) is 5.92 Å². The first-order valence-corrected chi connectivity index (χ1v) is 6.13. The summed E-state index contributed by atoms with van der Waals surface area (Å²) >= 11 is 0. The van der Waals surface area contributed by atoms with Gasteiger partial charge in [-0.25, -0.2) is 9.97 Å². The van der Waals surface area contributed by atoms with Gasteiger partial charge in [-0.2, -0.15) is 0 Å². The zero-order chi connectivity index (χ0) is 11.7. The lowest BCUT2D eigenvalue weighted by Gasteiger charge is -2.44. The average Bonchev–Trinajstić information content (AvgIpc) is 2.41. The van der Waals surface area contributed by atoms with Crippen molar-refractivity contribution in [2.75, 3.05) is 19.6 Å². The molecule has 0 saturated carbocycles. The van der Waals surface area contributed by atoms with Gasteiger partial charge in [0, 0.05) is 25.0 Å². The summed E-state index contributed by atoms with van der Waals surface area (Å²) in [7, 11) is 0. The van der Waals surface area contributed by atoms with Crippen LogP contribution in [0.2, 0.25) is 0 Å². The quantitative estimate of drug-likeness (QED) is 0.797. The Morgan fingerprint density at radius 2 is 2.00 bits per heavy atom. The smallest absolute Gasteiger partial charge is 0.289 e. The molecule has 17 heavy (non-hydrogen) atoms. The molecule has 4 rings (SSSR count). The minimum Gasteiger partial charge on any atom is -0.345 e. The standard InChI is InChI=1S/C12H16N4O/c17-12(11-13-4-1-5-14-11)15-10-8-16-6-2-9(10)3-7-16/h1,4-5,9-10H,2-3,6-8H2,(H,15,17). The lowest BCUT2D eigenvalue weighted by molar-refractivity contribution is 0.0615. The highest BCUT2D eigenvalue weighted by Gasteiger charge is 2.35. The Kier molecular flexibility index (Phi) is 2.76. The molecule has 0 spiro atoms. The largest absolute Gasteiger partial charge is 0.345 e. The van der Waals surface area contributed by atoms with E-state index in [4.69, 9.17) is 0 Å². The molecule has 3 aliphatic rings. The van der Waals surface area contributed by atoms with Crippen LogP contribution in [0.15, 0.2) is 18.5 Å². The molecule has 1 N–H and O–H groups in total. The van der Waals surface area contributed by atoms with Crippen LogP contribution in [-0.4, -0.2) is 46.5 Å². The third kappa shape index (κ3) is 2.15. The number of fused-ring (bicyclic) bond motifs is 3. The second-order valence-electron chi connectivity index (χ2n) is 4.79. The van der Waals surface area contributed by atoms with E-state index in [0.29, 0.717) is 5.92 Å². The molecule has 1 aromatic heterocycles. The zero-order valence-corrected chi connectivity index (χ0v) is 9.67. The number of rotatable bonds is 2. The Balaban J connectivity index is 1.66. The van der Waals surface area contributed by atoms with Crippen molar-refractivity contribution < 1.29 is 4.79 Å². The van der Waals surface area contributed by atoms with Crippen LogP contribution in [0.3, 0.4) is 0 Å². The summed E-state index contributed by atoms with van der Waals surface area (Å²) in [4.78, 5) is 22.3. The fourth-order valence-corrected chi connectivity index (χ4v) is 2.78. The number of nitrogens with zero attached hydrogens (tertiary/aromatic N) is 3. The average molecular weight is 232 g/mol. The molecule has 2 bridgehead atoms. The van der Waals surface area contributed by atoms with E-state index in [-0.39, 0.29) is 17.8 Å². The van der Waals surface area contributed by atoms with Gasteiger partial charge in [-0.05, 0) is 37.9 Å². The number of nitrogens with one attached hydrogen (secondary N) is 1. The van der Waals surface area contributed by atoms with Crippen molar-refractivity contribution in [2.45, 2.75) is 18.9 Å². The van der Waals surface area contributed by atoms with E-state index < -0.39 is 0 Å². The zero-order valence-electron chi connectivity index (χ0n) is 9.67. The molecule has 1 unspecified atom stereocenters. The van der Waals surface area contributed by atoms with Crippen LogP contribution in [0.1, 0.15) is 23.5 Å². The summed E-state index contributed by atoms with van der Waals surface area (Å²) in [5.74, 6) is 0.751. The molecule has 1 amide bonds. The van der Waals surface area contributed by atoms with Gasteiger partial charge in [0.25, 0.3) is 5.91 Å². The van der Waals surface area contributed by atoms with Crippen LogP contribution < -0.4 is 5.32 Å². The molecule has 3 saturated heterocycles. The first kappa shape index (κ1) is 10.7. The summed E-state index contributed by atoms with van der Waals surface area (Å²) in [6.45, 7) is 3.33. The van der Waals surface area contributed by atoms with Crippen LogP contribution in [-0.2, 0) is 0 Å². The number of hydrogen-bond donors (Lipinski definition) is 1. The van der Waals surface area contributed by atoms with Gasteiger partial charge in [-0.1, -0.05) is 0 Å². The molecule has 3 aliphatic heterocycles. The monoisotopic (exact) mass is 232 g/mol. The highest BCUT2D eigenvalue weighted by atomic mass is 16.2. The van der Waals surface area contributed by atoms with E-state index in [1.54, 1.807) is 18.5 Å². The topological polar surface area (TPSA) is 58.1 Å². The van der Waals surface area contributed by atoms with Gasteiger partial charge in [0.05, 0.1) is 0 Å². The van der Waals surface area contributed by atoms with Crippen molar-refractivity contribution in [3.63, 3.8) is 0 Å². The van der Waals surface area contributed by atoms with Crippen LogP contribution in [0.4, 0.5) is 0 Å². The first-order valence-electron chi connectivity index (χ1n) is 6.13. The SMILES string of the molecule is O=C(NC1CN2CCC1CC2)c1ncccn1. The molecule has 0 aromatic carbocycles. The van der Waals surface area contributed by atoms with E-state index >= 15 is 0 Å². The molecule has 1 aromatic rings. The van der Waals surface area contributed by atoms with Crippen molar-refractivity contribution in [3.8, 4) is 0 Å². The number of hydrogen-bond acceptors (Lipinski definition) is 4. The van der Waals surface area contributed by atoms with Crippen molar-refractivity contribution in [2.24, 2.45) is 5.92 Å². The maximum Gasteiger partial charge on any atom is 0.289 e. The Bertz CT molecular complexity index is 400. The molecule has 3 fully saturated rings. The van der Waals surface area contributed by atoms with Gasteiger partial charge in [-0.3, -0.25) is 4.79 Å². The number of carbonyl (C=O) groups is 1. The molecular formula is C12H16N4O. The fraction of sp³-hybridized carbons (Fsp3) is 0.583. The molecule has 5 nitrogen and oxygen atoms in total. The molecule has 0 aliphatic carbocycles. The maximum atomic E-state index is 11.9. The fourth-order valence-electron chi connectivity index (χ4n) is 2.78. The highest BCUT2D eigenvalue weighted by Crippen LogP contribution is 2.27. The predicted molar refractivity (Wildman–Crippen MR) is 62.5 cm³/mol. The number of carbonyl (C=O) groups excluding carboxylic acids is 1. The second-order valence-corrected chi connectivity index (χ2v) is 4.79. The van der Waals surface area contributed by atoms with Gasteiger partial charge in [0.2, 0.25) is 5.82 Å². The van der Waals surface area contributed by atoms with Crippen molar-refractivity contribution >= 4 is 5.91 Å². The predicted octanol–water partition coefficient (Wildman–Crippen LogP) is 0.301. The van der Waals surface area contributed by atoms with Gasteiger partial charge in [0.1, 0.15) is 0 Å². The molecule has 0 radical (unpaired) electrons. The van der Waals surface area contributed by atoms with E-state index in [1.165, 1.54) is 25.9 Å². The van der Waals surface area contributed by atoms with Crippen LogP contribution in [0.5, 0.6) is 0 Å². The van der Waals surface area contributed by atoms with E-state index in [0.717, 1.165) is 6.54 Å². The van der Waals surface area contributed by atoms with Crippen molar-refractivity contribution in [3.05, 3.63) is 24.3 Å².